The number of ether oxygens (including phenoxy) is 3. The SMILES string of the molecule is COc1cccc(NC(=O)Cn2cc(C(=O)c3ccc(Cl)cc3)c(=O)c3cc4c(cc32)OCCO4)c1. The number of fused-ring (bicyclic) bond motifs is 2. The molecule has 9 heteroatoms. The summed E-state index contributed by atoms with van der Waals surface area (Å²) in [6, 6.07) is 16.4. The first-order valence-corrected chi connectivity index (χ1v) is 11.5. The zero-order chi connectivity index (χ0) is 25.2. The largest absolute Gasteiger partial charge is 0.497 e. The van der Waals surface area contributed by atoms with Gasteiger partial charge in [0.1, 0.15) is 25.5 Å². The fraction of sp³-hybridized carbons (Fsp3) is 0.148. The Hall–Kier alpha value is -4.30. The van der Waals surface area contributed by atoms with Gasteiger partial charge in [-0.1, -0.05) is 17.7 Å². The van der Waals surface area contributed by atoms with Crippen LogP contribution in [0.4, 0.5) is 5.69 Å². The summed E-state index contributed by atoms with van der Waals surface area (Å²) in [6.07, 6.45) is 1.41. The van der Waals surface area contributed by atoms with Crippen LogP contribution in [0.15, 0.2) is 71.7 Å². The lowest BCUT2D eigenvalue weighted by Crippen LogP contribution is -2.25. The topological polar surface area (TPSA) is 95.9 Å². The molecule has 1 N–H and O–H groups in total. The summed E-state index contributed by atoms with van der Waals surface area (Å²) >= 11 is 5.95. The molecule has 3 aromatic carbocycles. The number of methoxy groups -OCH3 is 1. The quantitative estimate of drug-likeness (QED) is 0.393. The van der Waals surface area contributed by atoms with Crippen LogP contribution in [0.1, 0.15) is 15.9 Å². The van der Waals surface area contributed by atoms with Crippen LogP contribution in [0.5, 0.6) is 17.2 Å². The number of halogens is 1. The molecule has 1 aliphatic rings. The number of hydrogen-bond acceptors (Lipinski definition) is 6. The molecule has 5 rings (SSSR count). The van der Waals surface area contributed by atoms with E-state index in [1.54, 1.807) is 72.3 Å². The van der Waals surface area contributed by atoms with Crippen molar-refractivity contribution in [2.75, 3.05) is 25.6 Å². The number of amides is 1. The fourth-order valence-electron chi connectivity index (χ4n) is 4.03. The Morgan fingerprint density at radius 3 is 2.47 bits per heavy atom. The first kappa shape index (κ1) is 23.4. The first-order chi connectivity index (χ1) is 17.4. The lowest BCUT2D eigenvalue weighted by molar-refractivity contribution is -0.116. The number of hydrogen-bond donors (Lipinski definition) is 1. The maximum Gasteiger partial charge on any atom is 0.244 e. The minimum Gasteiger partial charge on any atom is -0.497 e. The molecule has 0 saturated carbocycles. The minimum absolute atomic E-state index is 0.0734. The van der Waals surface area contributed by atoms with Crippen LogP contribution in [0.25, 0.3) is 10.9 Å². The summed E-state index contributed by atoms with van der Waals surface area (Å²) in [4.78, 5) is 39.7. The van der Waals surface area contributed by atoms with E-state index in [0.717, 1.165) is 0 Å². The number of nitrogens with zero attached hydrogens (tertiary/aromatic N) is 1. The third kappa shape index (κ3) is 4.63. The molecule has 1 aromatic heterocycles. The number of ketones is 1. The minimum atomic E-state index is -0.476. The summed E-state index contributed by atoms with van der Waals surface area (Å²) in [7, 11) is 1.54. The molecule has 0 fully saturated rings. The van der Waals surface area contributed by atoms with Crippen molar-refractivity contribution in [3.63, 3.8) is 0 Å². The summed E-state index contributed by atoms with van der Waals surface area (Å²) in [6.45, 7) is 0.555. The summed E-state index contributed by atoms with van der Waals surface area (Å²) in [5.41, 5.74) is 0.761. The van der Waals surface area contributed by atoms with E-state index in [-0.39, 0.29) is 23.4 Å². The molecule has 0 bridgehead atoms. The highest BCUT2D eigenvalue weighted by atomic mass is 35.5. The van der Waals surface area contributed by atoms with Gasteiger partial charge < -0.3 is 24.1 Å². The van der Waals surface area contributed by atoms with Crippen molar-refractivity contribution in [2.45, 2.75) is 6.54 Å². The monoisotopic (exact) mass is 504 g/mol. The van der Waals surface area contributed by atoms with Gasteiger partial charge in [-0.05, 0) is 42.5 Å². The summed E-state index contributed by atoms with van der Waals surface area (Å²) < 4.78 is 18.1. The van der Waals surface area contributed by atoms with Crippen LogP contribution in [0.2, 0.25) is 5.02 Å². The lowest BCUT2D eigenvalue weighted by atomic mass is 10.0. The number of benzene rings is 3. The van der Waals surface area contributed by atoms with Crippen molar-refractivity contribution in [1.82, 2.24) is 4.57 Å². The molecule has 36 heavy (non-hydrogen) atoms. The molecule has 8 nitrogen and oxygen atoms in total. The van der Waals surface area contributed by atoms with Crippen LogP contribution in [0.3, 0.4) is 0 Å². The van der Waals surface area contributed by atoms with Gasteiger partial charge in [0.25, 0.3) is 0 Å². The Balaban J connectivity index is 1.58. The van der Waals surface area contributed by atoms with Crippen molar-refractivity contribution in [3.8, 4) is 17.2 Å². The first-order valence-electron chi connectivity index (χ1n) is 11.1. The average molecular weight is 505 g/mol. The molecule has 4 aromatic rings. The van der Waals surface area contributed by atoms with E-state index < -0.39 is 11.2 Å². The molecule has 1 aliphatic heterocycles. The second kappa shape index (κ2) is 9.75. The molecule has 182 valence electrons. The lowest BCUT2D eigenvalue weighted by Gasteiger charge is -2.20. The van der Waals surface area contributed by atoms with Gasteiger partial charge in [0.05, 0.1) is 23.6 Å². The van der Waals surface area contributed by atoms with Gasteiger partial charge in [-0.15, -0.1) is 0 Å². The van der Waals surface area contributed by atoms with Crippen molar-refractivity contribution in [1.29, 1.82) is 0 Å². The maximum absolute atomic E-state index is 13.4. The zero-order valence-electron chi connectivity index (χ0n) is 19.2. The molecular formula is C27H21ClN2O6. The van der Waals surface area contributed by atoms with Crippen LogP contribution in [-0.2, 0) is 11.3 Å². The Labute approximate surface area is 211 Å². The predicted molar refractivity (Wildman–Crippen MR) is 136 cm³/mol. The van der Waals surface area contributed by atoms with Crippen LogP contribution in [0, 0.1) is 0 Å². The van der Waals surface area contributed by atoms with E-state index in [2.05, 4.69) is 5.32 Å². The number of rotatable bonds is 6. The number of carbonyl (C=O) groups is 2. The second-order valence-electron chi connectivity index (χ2n) is 8.13. The van der Waals surface area contributed by atoms with Crippen molar-refractivity contribution in [3.05, 3.63) is 93.2 Å². The number of nitrogens with one attached hydrogen (secondary N) is 1. The highest BCUT2D eigenvalue weighted by molar-refractivity contribution is 6.30. The van der Waals surface area contributed by atoms with Crippen molar-refractivity contribution < 1.29 is 23.8 Å². The third-order valence-electron chi connectivity index (χ3n) is 5.76. The number of anilines is 1. The number of carbonyl (C=O) groups excluding carboxylic acids is 2. The van der Waals surface area contributed by atoms with E-state index in [9.17, 15) is 14.4 Å². The Morgan fingerprint density at radius 1 is 1.03 bits per heavy atom. The van der Waals surface area contributed by atoms with Gasteiger partial charge in [-0.2, -0.15) is 0 Å². The Bertz CT molecular complexity index is 1540. The van der Waals surface area contributed by atoms with E-state index >= 15 is 0 Å². The van der Waals surface area contributed by atoms with Gasteiger partial charge in [0, 0.05) is 34.6 Å². The van der Waals surface area contributed by atoms with Crippen LogP contribution < -0.4 is 25.0 Å². The normalized spacial score (nSPS) is 12.3. The van der Waals surface area contributed by atoms with E-state index in [1.807, 2.05) is 0 Å². The maximum atomic E-state index is 13.4. The summed E-state index contributed by atoms with van der Waals surface area (Å²) in [5.74, 6) is 0.644. The summed E-state index contributed by atoms with van der Waals surface area (Å²) in [5, 5.41) is 3.54. The van der Waals surface area contributed by atoms with Crippen LogP contribution in [-0.4, -0.2) is 36.6 Å². The zero-order valence-corrected chi connectivity index (χ0v) is 20.0. The standard InChI is InChI=1S/C27H21ClN2O6/c1-34-19-4-2-3-18(11-19)29-25(31)15-30-14-21(26(32)16-5-7-17(28)8-6-16)27(33)20-12-23-24(13-22(20)30)36-10-9-35-23/h2-8,11-14H,9-10,15H2,1H3,(H,29,31). The molecule has 1 amide bonds. The van der Waals surface area contributed by atoms with E-state index in [4.69, 9.17) is 25.8 Å². The smallest absolute Gasteiger partial charge is 0.244 e. The molecule has 0 unspecified atom stereocenters. The Morgan fingerprint density at radius 2 is 1.75 bits per heavy atom. The average Bonchev–Trinajstić information content (AvgIpc) is 2.89. The molecule has 0 saturated heterocycles. The number of pyridine rings is 1. The van der Waals surface area contributed by atoms with Crippen LogP contribution >= 0.6 is 11.6 Å². The van der Waals surface area contributed by atoms with Gasteiger partial charge in [-0.3, -0.25) is 14.4 Å². The highest BCUT2D eigenvalue weighted by Gasteiger charge is 2.22. The molecule has 0 spiro atoms. The van der Waals surface area contributed by atoms with Gasteiger partial charge in [0.15, 0.2) is 17.3 Å². The molecule has 2 heterocycles. The second-order valence-corrected chi connectivity index (χ2v) is 8.57. The van der Waals surface area contributed by atoms with Gasteiger partial charge in [-0.25, -0.2) is 0 Å². The molecule has 0 aliphatic carbocycles. The predicted octanol–water partition coefficient (Wildman–Crippen LogP) is 4.30. The van der Waals surface area contributed by atoms with Crippen molar-refractivity contribution >= 4 is 39.9 Å². The van der Waals surface area contributed by atoms with E-state index in [1.165, 1.54) is 6.20 Å². The van der Waals surface area contributed by atoms with Crippen molar-refractivity contribution in [2.24, 2.45) is 0 Å². The molecule has 0 atom stereocenters. The fourth-order valence-corrected chi connectivity index (χ4v) is 4.16. The Kier molecular flexibility index (Phi) is 6.35. The number of aromatic nitrogens is 1. The highest BCUT2D eigenvalue weighted by Crippen LogP contribution is 2.34. The van der Waals surface area contributed by atoms with E-state index in [0.29, 0.717) is 52.3 Å². The molecular weight excluding hydrogens is 484 g/mol. The van der Waals surface area contributed by atoms with Gasteiger partial charge in [0.2, 0.25) is 11.3 Å². The third-order valence-corrected chi connectivity index (χ3v) is 6.01. The molecule has 0 radical (unpaired) electrons. The van der Waals surface area contributed by atoms with Gasteiger partial charge >= 0.3 is 0 Å².